The Kier molecular flexibility index (Phi) is 7.50. The second-order valence-electron chi connectivity index (χ2n) is 7.47. The zero-order valence-corrected chi connectivity index (χ0v) is 18.1. The summed E-state index contributed by atoms with van der Waals surface area (Å²) in [6.45, 7) is 1.09. The summed E-state index contributed by atoms with van der Waals surface area (Å²) in [7, 11) is 3.73. The predicted octanol–water partition coefficient (Wildman–Crippen LogP) is 5.78. The molecular formula is C22H21F6N5O. The van der Waals surface area contributed by atoms with E-state index in [-0.39, 0.29) is 23.1 Å². The van der Waals surface area contributed by atoms with Gasteiger partial charge in [-0.1, -0.05) is 18.2 Å². The first kappa shape index (κ1) is 25.1. The molecule has 0 aliphatic carbocycles. The fourth-order valence-corrected chi connectivity index (χ4v) is 2.90. The lowest BCUT2D eigenvalue weighted by Crippen LogP contribution is -2.21. The van der Waals surface area contributed by atoms with E-state index in [1.165, 1.54) is 30.3 Å². The zero-order valence-electron chi connectivity index (χ0n) is 18.1. The van der Waals surface area contributed by atoms with Gasteiger partial charge in [0.1, 0.15) is 11.6 Å². The number of benzene rings is 2. The van der Waals surface area contributed by atoms with E-state index in [2.05, 4.69) is 25.3 Å². The Balaban J connectivity index is 1.95. The number of anilines is 3. The molecule has 1 aromatic heterocycles. The van der Waals surface area contributed by atoms with E-state index in [1.54, 1.807) is 0 Å². The molecule has 0 radical (unpaired) electrons. The maximum atomic E-state index is 13.1. The fourth-order valence-electron chi connectivity index (χ4n) is 2.90. The third-order valence-corrected chi connectivity index (χ3v) is 4.39. The van der Waals surface area contributed by atoms with Gasteiger partial charge < -0.3 is 20.3 Å². The van der Waals surface area contributed by atoms with E-state index in [0.29, 0.717) is 18.7 Å². The first-order chi connectivity index (χ1) is 15.9. The molecule has 2 N–H and O–H groups in total. The highest BCUT2D eigenvalue weighted by Gasteiger charge is 2.31. The van der Waals surface area contributed by atoms with E-state index >= 15 is 0 Å². The van der Waals surface area contributed by atoms with Crippen LogP contribution in [0.3, 0.4) is 0 Å². The number of ether oxygens (including phenoxy) is 1. The van der Waals surface area contributed by atoms with Crippen molar-refractivity contribution in [3.05, 3.63) is 60.2 Å². The second-order valence-corrected chi connectivity index (χ2v) is 7.47. The summed E-state index contributed by atoms with van der Waals surface area (Å²) in [5, 5.41) is 5.81. The number of hydrogen-bond acceptors (Lipinski definition) is 6. The van der Waals surface area contributed by atoms with Gasteiger partial charge in [-0.3, -0.25) is 0 Å². The Labute approximate surface area is 191 Å². The van der Waals surface area contributed by atoms with Gasteiger partial charge in [0, 0.05) is 30.4 Å². The van der Waals surface area contributed by atoms with Crippen molar-refractivity contribution in [1.29, 1.82) is 0 Å². The molecule has 6 nitrogen and oxygen atoms in total. The molecule has 0 aliphatic heterocycles. The van der Waals surface area contributed by atoms with Crippen LogP contribution in [0.4, 0.5) is 43.8 Å². The molecule has 0 fully saturated rings. The van der Waals surface area contributed by atoms with Gasteiger partial charge in [-0.2, -0.15) is 18.2 Å². The van der Waals surface area contributed by atoms with Crippen molar-refractivity contribution in [2.24, 2.45) is 0 Å². The number of alkyl halides is 6. The average molecular weight is 485 g/mol. The van der Waals surface area contributed by atoms with Crippen molar-refractivity contribution in [2.75, 3.05) is 37.8 Å². The molecule has 0 unspecified atom stereocenters. The van der Waals surface area contributed by atoms with Gasteiger partial charge in [-0.05, 0) is 44.4 Å². The van der Waals surface area contributed by atoms with Crippen LogP contribution in [0.1, 0.15) is 5.56 Å². The lowest BCUT2D eigenvalue weighted by atomic mass is 10.1. The van der Waals surface area contributed by atoms with Crippen molar-refractivity contribution in [2.45, 2.75) is 12.5 Å². The molecule has 3 rings (SSSR count). The minimum Gasteiger partial charge on any atom is -0.406 e. The number of likely N-dealkylation sites (N-methyl/N-ethyl adjacent to an activating group) is 1. The van der Waals surface area contributed by atoms with Crippen LogP contribution in [-0.2, 0) is 6.18 Å². The summed E-state index contributed by atoms with van der Waals surface area (Å²) in [4.78, 5) is 10.5. The van der Waals surface area contributed by atoms with Gasteiger partial charge in [0.25, 0.3) is 0 Å². The maximum absolute atomic E-state index is 13.1. The van der Waals surface area contributed by atoms with Crippen molar-refractivity contribution >= 4 is 17.5 Å². The normalized spacial score (nSPS) is 12.0. The molecule has 1 heterocycles. The quantitative estimate of drug-likeness (QED) is 0.395. The molecule has 0 saturated heterocycles. The summed E-state index contributed by atoms with van der Waals surface area (Å²) in [5.74, 6) is -0.132. The molecule has 0 aliphatic rings. The average Bonchev–Trinajstić information content (AvgIpc) is 2.72. The Bertz CT molecular complexity index is 1120. The van der Waals surface area contributed by atoms with Gasteiger partial charge in [-0.25, -0.2) is 4.98 Å². The topological polar surface area (TPSA) is 62.3 Å². The van der Waals surface area contributed by atoms with Gasteiger partial charge in [0.15, 0.2) is 0 Å². The summed E-state index contributed by atoms with van der Waals surface area (Å²) in [6.07, 6.45) is -9.38. The van der Waals surface area contributed by atoms with Crippen LogP contribution in [0.25, 0.3) is 11.3 Å². The third kappa shape index (κ3) is 7.51. The van der Waals surface area contributed by atoms with Crippen LogP contribution < -0.4 is 15.4 Å². The van der Waals surface area contributed by atoms with E-state index < -0.39 is 23.9 Å². The highest BCUT2D eigenvalue weighted by atomic mass is 19.4. The Morgan fingerprint density at radius 1 is 0.912 bits per heavy atom. The number of nitrogens with one attached hydrogen (secondary N) is 2. The molecule has 2 aromatic carbocycles. The van der Waals surface area contributed by atoms with E-state index in [0.717, 1.165) is 24.3 Å². The second kappa shape index (κ2) is 10.2. The SMILES string of the molecule is CN(C)CCNc1nc(Nc2cccc(C(F)(F)F)c2)cc(-c2cccc(OC(F)(F)F)c2)n1. The van der Waals surface area contributed by atoms with Crippen LogP contribution in [0.5, 0.6) is 5.75 Å². The van der Waals surface area contributed by atoms with E-state index in [9.17, 15) is 26.3 Å². The molecule has 0 amide bonds. The zero-order chi connectivity index (χ0) is 24.9. The molecule has 3 aromatic rings. The van der Waals surface area contributed by atoms with Crippen LogP contribution in [0.2, 0.25) is 0 Å². The van der Waals surface area contributed by atoms with Crippen LogP contribution in [-0.4, -0.2) is 48.4 Å². The van der Waals surface area contributed by atoms with E-state index in [4.69, 9.17) is 0 Å². The van der Waals surface area contributed by atoms with Gasteiger partial charge in [0.2, 0.25) is 5.95 Å². The number of halogens is 6. The van der Waals surface area contributed by atoms with Gasteiger partial charge in [-0.15, -0.1) is 13.2 Å². The van der Waals surface area contributed by atoms with Crippen molar-refractivity contribution in [3.8, 4) is 17.0 Å². The molecule has 34 heavy (non-hydrogen) atoms. The summed E-state index contributed by atoms with van der Waals surface area (Å²) >= 11 is 0. The smallest absolute Gasteiger partial charge is 0.406 e. The molecule has 0 spiro atoms. The Morgan fingerprint density at radius 2 is 1.65 bits per heavy atom. The predicted molar refractivity (Wildman–Crippen MR) is 116 cm³/mol. The first-order valence-corrected chi connectivity index (χ1v) is 9.97. The molecule has 0 atom stereocenters. The molecule has 12 heteroatoms. The monoisotopic (exact) mass is 485 g/mol. The number of nitrogens with zero attached hydrogens (tertiary/aromatic N) is 3. The largest absolute Gasteiger partial charge is 0.573 e. The van der Waals surface area contributed by atoms with Crippen LogP contribution in [0.15, 0.2) is 54.6 Å². The molecule has 0 bridgehead atoms. The Hall–Kier alpha value is -3.54. The fraction of sp³-hybridized carbons (Fsp3) is 0.273. The Morgan fingerprint density at radius 3 is 2.32 bits per heavy atom. The molecule has 182 valence electrons. The van der Waals surface area contributed by atoms with Gasteiger partial charge >= 0.3 is 12.5 Å². The highest BCUT2D eigenvalue weighted by Crippen LogP contribution is 2.32. The third-order valence-electron chi connectivity index (χ3n) is 4.39. The minimum atomic E-state index is -4.86. The van der Waals surface area contributed by atoms with Gasteiger partial charge in [0.05, 0.1) is 11.3 Å². The number of aromatic nitrogens is 2. The van der Waals surface area contributed by atoms with Crippen LogP contribution in [0, 0.1) is 0 Å². The summed E-state index contributed by atoms with van der Waals surface area (Å²) in [6, 6.07) is 11.2. The maximum Gasteiger partial charge on any atom is 0.573 e. The van der Waals surface area contributed by atoms with Crippen LogP contribution >= 0.6 is 0 Å². The number of hydrogen-bond donors (Lipinski definition) is 2. The molecule has 0 saturated carbocycles. The lowest BCUT2D eigenvalue weighted by molar-refractivity contribution is -0.274. The first-order valence-electron chi connectivity index (χ1n) is 9.97. The lowest BCUT2D eigenvalue weighted by Gasteiger charge is -2.15. The van der Waals surface area contributed by atoms with E-state index in [1.807, 2.05) is 19.0 Å². The number of rotatable bonds is 8. The molecular weight excluding hydrogens is 464 g/mol. The minimum absolute atomic E-state index is 0.132. The highest BCUT2D eigenvalue weighted by molar-refractivity contribution is 5.68. The van der Waals surface area contributed by atoms with Crippen molar-refractivity contribution in [3.63, 3.8) is 0 Å². The van der Waals surface area contributed by atoms with Crippen molar-refractivity contribution < 1.29 is 31.1 Å². The standard InChI is InChI=1S/C22H21F6N5O/c1-33(2)10-9-29-20-31-18(14-5-3-8-17(11-14)34-22(26,27)28)13-19(32-20)30-16-7-4-6-15(12-16)21(23,24)25/h3-8,11-13H,9-10H2,1-2H3,(H2,29,30,31,32). The van der Waals surface area contributed by atoms with Crippen molar-refractivity contribution in [1.82, 2.24) is 14.9 Å². The summed E-state index contributed by atoms with van der Waals surface area (Å²) < 4.78 is 81.0. The summed E-state index contributed by atoms with van der Waals surface area (Å²) in [5.41, 5.74) is -0.169.